The van der Waals surface area contributed by atoms with Gasteiger partial charge in [-0.25, -0.2) is 4.98 Å². The Balaban J connectivity index is 1.45. The van der Waals surface area contributed by atoms with Gasteiger partial charge < -0.3 is 15.3 Å². The van der Waals surface area contributed by atoms with E-state index in [-0.39, 0.29) is 11.3 Å². The van der Waals surface area contributed by atoms with Crippen LogP contribution in [0.3, 0.4) is 0 Å². The molecule has 2 atom stereocenters. The quantitative estimate of drug-likeness (QED) is 0.688. The lowest BCUT2D eigenvalue weighted by molar-refractivity contribution is 0.353. The lowest BCUT2D eigenvalue weighted by Crippen LogP contribution is -2.47. The van der Waals surface area contributed by atoms with Gasteiger partial charge in [-0.05, 0) is 56.9 Å². The number of nitrogens with one attached hydrogen (secondary N) is 1. The van der Waals surface area contributed by atoms with Gasteiger partial charge in [-0.1, -0.05) is 0 Å². The standard InChI is InChI=1S/C22H26N6O2/c1-12-23-19-10-16(20(29)11-17(19)22(30)27(12)2)18-6-7-21(26-25-18)28(3)15-8-13-4-5-14(9-15)24-13/h6-7,10-11,13-15,24,29H,4-5,8-9H2,1-3H3. The minimum Gasteiger partial charge on any atom is -0.507 e. The second-order valence-corrected chi connectivity index (χ2v) is 8.56. The molecule has 0 saturated carbocycles. The largest absolute Gasteiger partial charge is 0.507 e. The number of anilines is 1. The van der Waals surface area contributed by atoms with E-state index in [1.807, 2.05) is 12.1 Å². The highest BCUT2D eigenvalue weighted by Gasteiger charge is 2.35. The minimum absolute atomic E-state index is 0.00409. The Hall–Kier alpha value is -3.00. The van der Waals surface area contributed by atoms with Gasteiger partial charge in [0.15, 0.2) is 5.82 Å². The number of rotatable bonds is 3. The van der Waals surface area contributed by atoms with E-state index in [1.54, 1.807) is 20.0 Å². The average molecular weight is 406 g/mol. The van der Waals surface area contributed by atoms with Crippen molar-refractivity contribution in [1.29, 1.82) is 0 Å². The number of aromatic nitrogens is 4. The highest BCUT2D eigenvalue weighted by molar-refractivity contribution is 5.86. The molecule has 2 aliphatic rings. The third-order valence-corrected chi connectivity index (χ3v) is 6.70. The molecular weight excluding hydrogens is 380 g/mol. The number of aromatic hydroxyl groups is 1. The predicted molar refractivity (Wildman–Crippen MR) is 116 cm³/mol. The number of nitrogens with zero attached hydrogens (tertiary/aromatic N) is 5. The zero-order valence-corrected chi connectivity index (χ0v) is 17.5. The first-order valence-corrected chi connectivity index (χ1v) is 10.4. The highest BCUT2D eigenvalue weighted by Crippen LogP contribution is 2.33. The molecule has 8 nitrogen and oxygen atoms in total. The molecule has 2 bridgehead atoms. The molecule has 0 radical (unpaired) electrons. The molecule has 156 valence electrons. The van der Waals surface area contributed by atoms with Crippen molar-refractivity contribution >= 4 is 16.7 Å². The van der Waals surface area contributed by atoms with Crippen molar-refractivity contribution in [2.75, 3.05) is 11.9 Å². The first-order chi connectivity index (χ1) is 14.4. The normalized spacial score (nSPS) is 23.1. The van der Waals surface area contributed by atoms with Crippen LogP contribution in [0.25, 0.3) is 22.2 Å². The Morgan fingerprint density at radius 1 is 1.17 bits per heavy atom. The first-order valence-electron chi connectivity index (χ1n) is 10.4. The molecule has 0 amide bonds. The van der Waals surface area contributed by atoms with Crippen LogP contribution in [-0.4, -0.2) is 50.0 Å². The summed E-state index contributed by atoms with van der Waals surface area (Å²) in [5.41, 5.74) is 1.43. The second kappa shape index (κ2) is 7.05. The Morgan fingerprint density at radius 2 is 1.90 bits per heavy atom. The van der Waals surface area contributed by atoms with Gasteiger partial charge in [-0.3, -0.25) is 9.36 Å². The van der Waals surface area contributed by atoms with E-state index in [0.29, 0.717) is 46.1 Å². The molecule has 2 aliphatic heterocycles. The van der Waals surface area contributed by atoms with E-state index in [4.69, 9.17) is 0 Å². The maximum absolute atomic E-state index is 12.4. The summed E-state index contributed by atoms with van der Waals surface area (Å²) >= 11 is 0. The lowest BCUT2D eigenvalue weighted by Gasteiger charge is -2.36. The fourth-order valence-corrected chi connectivity index (χ4v) is 4.81. The third kappa shape index (κ3) is 3.11. The topological polar surface area (TPSA) is 96.2 Å². The van der Waals surface area contributed by atoms with E-state index >= 15 is 0 Å². The van der Waals surface area contributed by atoms with Gasteiger partial charge in [0.25, 0.3) is 5.56 Å². The molecule has 2 aromatic heterocycles. The van der Waals surface area contributed by atoms with Crippen molar-refractivity contribution < 1.29 is 5.11 Å². The van der Waals surface area contributed by atoms with Crippen LogP contribution in [-0.2, 0) is 7.05 Å². The molecule has 2 saturated heterocycles. The van der Waals surface area contributed by atoms with Crippen molar-refractivity contribution in [3.63, 3.8) is 0 Å². The summed E-state index contributed by atoms with van der Waals surface area (Å²) in [6, 6.07) is 8.66. The molecule has 8 heteroatoms. The fourth-order valence-electron chi connectivity index (χ4n) is 4.81. The number of phenolic OH excluding ortho intramolecular Hbond substituents is 1. The average Bonchev–Trinajstić information content (AvgIpc) is 3.09. The van der Waals surface area contributed by atoms with Crippen LogP contribution in [0.4, 0.5) is 5.82 Å². The lowest BCUT2D eigenvalue weighted by atomic mass is 9.98. The Bertz CT molecular complexity index is 1160. The molecule has 4 heterocycles. The van der Waals surface area contributed by atoms with Crippen LogP contribution in [0.2, 0.25) is 0 Å². The molecule has 2 fully saturated rings. The number of aryl methyl sites for hydroxylation is 1. The van der Waals surface area contributed by atoms with Gasteiger partial charge in [0.1, 0.15) is 11.6 Å². The first kappa shape index (κ1) is 19.0. The van der Waals surface area contributed by atoms with Crippen molar-refractivity contribution in [2.45, 2.75) is 50.7 Å². The van der Waals surface area contributed by atoms with Crippen LogP contribution in [0, 0.1) is 6.92 Å². The second-order valence-electron chi connectivity index (χ2n) is 8.56. The molecule has 0 aliphatic carbocycles. The number of piperidine rings is 1. The number of phenols is 1. The van der Waals surface area contributed by atoms with Gasteiger partial charge in [-0.2, -0.15) is 0 Å². The fraction of sp³-hybridized carbons (Fsp3) is 0.455. The van der Waals surface area contributed by atoms with Crippen molar-refractivity contribution in [3.8, 4) is 17.0 Å². The van der Waals surface area contributed by atoms with Crippen LogP contribution in [0.15, 0.2) is 29.1 Å². The predicted octanol–water partition coefficient (Wildman–Crippen LogP) is 2.12. The zero-order chi connectivity index (χ0) is 21.0. The van der Waals surface area contributed by atoms with E-state index in [1.165, 1.54) is 23.5 Å². The van der Waals surface area contributed by atoms with E-state index in [2.05, 4.69) is 32.4 Å². The number of fused-ring (bicyclic) bond motifs is 3. The summed E-state index contributed by atoms with van der Waals surface area (Å²) in [4.78, 5) is 19.1. The van der Waals surface area contributed by atoms with Gasteiger partial charge in [-0.15, -0.1) is 10.2 Å². The summed E-state index contributed by atoms with van der Waals surface area (Å²) < 4.78 is 1.47. The number of hydrogen-bond donors (Lipinski definition) is 2. The summed E-state index contributed by atoms with van der Waals surface area (Å²) in [7, 11) is 3.75. The van der Waals surface area contributed by atoms with Crippen LogP contribution < -0.4 is 15.8 Å². The molecule has 0 spiro atoms. The summed E-state index contributed by atoms with van der Waals surface area (Å²) in [5.74, 6) is 1.44. The van der Waals surface area contributed by atoms with E-state index < -0.39 is 0 Å². The van der Waals surface area contributed by atoms with Crippen LogP contribution in [0.5, 0.6) is 5.75 Å². The van der Waals surface area contributed by atoms with Gasteiger partial charge in [0.2, 0.25) is 0 Å². The van der Waals surface area contributed by atoms with E-state index in [9.17, 15) is 9.90 Å². The zero-order valence-electron chi connectivity index (χ0n) is 17.5. The van der Waals surface area contributed by atoms with Crippen LogP contribution in [0.1, 0.15) is 31.5 Å². The summed E-state index contributed by atoms with van der Waals surface area (Å²) in [6.45, 7) is 1.78. The molecule has 30 heavy (non-hydrogen) atoms. The van der Waals surface area contributed by atoms with Gasteiger partial charge >= 0.3 is 0 Å². The highest BCUT2D eigenvalue weighted by atomic mass is 16.3. The number of benzene rings is 1. The molecule has 5 rings (SSSR count). The Morgan fingerprint density at radius 3 is 2.57 bits per heavy atom. The SMILES string of the molecule is Cc1nc2cc(-c3ccc(N(C)C4CC5CCC(C4)N5)nn3)c(O)cc2c(=O)n1C. The van der Waals surface area contributed by atoms with Gasteiger partial charge in [0.05, 0.1) is 16.6 Å². The van der Waals surface area contributed by atoms with Crippen LogP contribution >= 0.6 is 0 Å². The molecule has 1 aromatic carbocycles. The maximum Gasteiger partial charge on any atom is 0.261 e. The minimum atomic E-state index is -0.182. The maximum atomic E-state index is 12.4. The smallest absolute Gasteiger partial charge is 0.261 e. The van der Waals surface area contributed by atoms with E-state index in [0.717, 1.165) is 18.7 Å². The summed E-state index contributed by atoms with van der Waals surface area (Å²) in [6.07, 6.45) is 4.78. The molecular formula is C22H26N6O2. The Kier molecular flexibility index (Phi) is 4.47. The van der Waals surface area contributed by atoms with Crippen molar-refractivity contribution in [3.05, 3.63) is 40.4 Å². The monoisotopic (exact) mass is 406 g/mol. The molecule has 2 unspecified atom stereocenters. The summed E-state index contributed by atoms with van der Waals surface area (Å²) in [5, 5.41) is 23.4. The van der Waals surface area contributed by atoms with Gasteiger partial charge in [0, 0.05) is 37.8 Å². The Labute approximate surface area is 174 Å². The molecule has 3 aromatic rings. The molecule has 2 N–H and O–H groups in total. The van der Waals surface area contributed by atoms with Crippen molar-refractivity contribution in [2.24, 2.45) is 7.05 Å². The number of hydrogen-bond acceptors (Lipinski definition) is 7. The third-order valence-electron chi connectivity index (χ3n) is 6.70. The van der Waals surface area contributed by atoms with Crippen molar-refractivity contribution in [1.82, 2.24) is 25.1 Å².